The summed E-state index contributed by atoms with van der Waals surface area (Å²) in [6.45, 7) is 3.98. The van der Waals surface area contributed by atoms with Crippen LogP contribution in [0, 0.1) is 13.8 Å². The maximum Gasteiger partial charge on any atom is 0.282 e. The van der Waals surface area contributed by atoms with E-state index >= 15 is 0 Å². The van der Waals surface area contributed by atoms with E-state index in [1.807, 2.05) is 62.4 Å². The summed E-state index contributed by atoms with van der Waals surface area (Å²) in [6, 6.07) is 22.2. The molecule has 1 heterocycles. The van der Waals surface area contributed by atoms with Gasteiger partial charge in [0.05, 0.1) is 18.4 Å². The van der Waals surface area contributed by atoms with Crippen LogP contribution in [0.5, 0.6) is 5.75 Å². The lowest BCUT2D eigenvalue weighted by molar-refractivity contribution is -0.120. The second-order valence-corrected chi connectivity index (χ2v) is 7.25. The van der Waals surface area contributed by atoms with Gasteiger partial charge in [0, 0.05) is 11.8 Å². The molecule has 0 atom stereocenters. The monoisotopic (exact) mass is 398 g/mol. The van der Waals surface area contributed by atoms with Crippen molar-refractivity contribution in [3.8, 4) is 5.75 Å². The van der Waals surface area contributed by atoms with E-state index in [2.05, 4.69) is 5.32 Å². The summed E-state index contributed by atoms with van der Waals surface area (Å²) in [4.78, 5) is 28.0. The molecule has 1 aliphatic rings. The lowest BCUT2D eigenvalue weighted by Gasteiger charge is -2.16. The highest BCUT2D eigenvalue weighted by Crippen LogP contribution is 2.35. The van der Waals surface area contributed by atoms with Gasteiger partial charge in [-0.05, 0) is 43.7 Å². The van der Waals surface area contributed by atoms with Crippen LogP contribution in [-0.2, 0) is 9.59 Å². The molecule has 0 unspecified atom stereocenters. The Morgan fingerprint density at radius 1 is 0.800 bits per heavy atom. The number of benzene rings is 3. The van der Waals surface area contributed by atoms with Gasteiger partial charge >= 0.3 is 0 Å². The quantitative estimate of drug-likeness (QED) is 0.633. The van der Waals surface area contributed by atoms with Gasteiger partial charge in [0.2, 0.25) is 0 Å². The van der Waals surface area contributed by atoms with Gasteiger partial charge in [-0.1, -0.05) is 53.6 Å². The molecule has 0 saturated carbocycles. The number of hydrogen-bond donors (Lipinski definition) is 1. The summed E-state index contributed by atoms with van der Waals surface area (Å²) < 4.78 is 5.26. The smallest absolute Gasteiger partial charge is 0.282 e. The van der Waals surface area contributed by atoms with Gasteiger partial charge in [0.15, 0.2) is 0 Å². The molecular weight excluding hydrogens is 376 g/mol. The number of anilines is 2. The number of hydrogen-bond acceptors (Lipinski definition) is 4. The average molecular weight is 398 g/mol. The maximum atomic E-state index is 13.4. The van der Waals surface area contributed by atoms with E-state index in [-0.39, 0.29) is 11.6 Å². The number of carbonyl (C=O) groups excluding carboxylic acids is 2. The van der Waals surface area contributed by atoms with Crippen molar-refractivity contribution in [3.63, 3.8) is 0 Å². The summed E-state index contributed by atoms with van der Waals surface area (Å²) in [7, 11) is 1.55. The predicted octanol–water partition coefficient (Wildman–Crippen LogP) is 4.71. The first-order chi connectivity index (χ1) is 14.5. The van der Waals surface area contributed by atoms with Crippen LogP contribution in [0.25, 0.3) is 5.57 Å². The standard InChI is InChI=1S/C25H22N2O3/c1-16-7-11-18(12-8-16)22-23(26-19-13-9-17(2)10-14-19)25(29)27(24(22)28)20-5-4-6-21(15-20)30-3/h4-15,26H,1-3H3. The summed E-state index contributed by atoms with van der Waals surface area (Å²) in [5.41, 5.74) is 4.70. The predicted molar refractivity (Wildman–Crippen MR) is 118 cm³/mol. The lowest BCUT2D eigenvalue weighted by atomic mass is 10.0. The average Bonchev–Trinajstić information content (AvgIpc) is 3.00. The second-order valence-electron chi connectivity index (χ2n) is 7.25. The van der Waals surface area contributed by atoms with E-state index < -0.39 is 5.91 Å². The fourth-order valence-electron chi connectivity index (χ4n) is 3.40. The maximum absolute atomic E-state index is 13.4. The molecule has 0 aliphatic carbocycles. The van der Waals surface area contributed by atoms with E-state index in [4.69, 9.17) is 4.74 Å². The molecule has 0 aromatic heterocycles. The van der Waals surface area contributed by atoms with E-state index in [1.54, 1.807) is 31.4 Å². The van der Waals surface area contributed by atoms with Crippen molar-refractivity contribution in [1.29, 1.82) is 0 Å². The molecule has 5 heteroatoms. The highest BCUT2D eigenvalue weighted by molar-refractivity contribution is 6.46. The number of nitrogens with one attached hydrogen (secondary N) is 1. The van der Waals surface area contributed by atoms with Crippen LogP contribution in [0.15, 0.2) is 78.5 Å². The SMILES string of the molecule is COc1cccc(N2C(=O)C(Nc3ccc(C)cc3)=C(c3ccc(C)cc3)C2=O)c1. The Morgan fingerprint density at radius 2 is 1.43 bits per heavy atom. The number of methoxy groups -OCH3 is 1. The molecule has 0 spiro atoms. The Bertz CT molecular complexity index is 1150. The molecule has 0 saturated heterocycles. The minimum absolute atomic E-state index is 0.260. The highest BCUT2D eigenvalue weighted by Gasteiger charge is 2.40. The molecule has 0 radical (unpaired) electrons. The fourth-order valence-corrected chi connectivity index (χ4v) is 3.40. The first-order valence-corrected chi connectivity index (χ1v) is 9.66. The molecule has 150 valence electrons. The van der Waals surface area contributed by atoms with Gasteiger partial charge in [0.25, 0.3) is 11.8 Å². The highest BCUT2D eigenvalue weighted by atomic mass is 16.5. The minimum atomic E-state index is -0.399. The number of aryl methyl sites for hydroxylation is 2. The zero-order chi connectivity index (χ0) is 21.3. The van der Waals surface area contributed by atoms with E-state index in [0.29, 0.717) is 22.6 Å². The summed E-state index contributed by atoms with van der Waals surface area (Å²) in [6.07, 6.45) is 0. The third kappa shape index (κ3) is 3.57. The molecule has 2 amide bonds. The van der Waals surface area contributed by atoms with Crippen molar-refractivity contribution in [2.75, 3.05) is 17.3 Å². The molecule has 3 aromatic carbocycles. The Balaban J connectivity index is 1.81. The third-order valence-electron chi connectivity index (χ3n) is 5.06. The molecule has 5 nitrogen and oxygen atoms in total. The van der Waals surface area contributed by atoms with Crippen molar-refractivity contribution >= 4 is 28.8 Å². The van der Waals surface area contributed by atoms with E-state index in [0.717, 1.165) is 16.8 Å². The van der Waals surface area contributed by atoms with Crippen LogP contribution in [0.4, 0.5) is 11.4 Å². The van der Waals surface area contributed by atoms with Crippen LogP contribution in [0.2, 0.25) is 0 Å². The second kappa shape index (κ2) is 7.87. The third-order valence-corrected chi connectivity index (χ3v) is 5.06. The first-order valence-electron chi connectivity index (χ1n) is 9.66. The van der Waals surface area contributed by atoms with E-state index in [9.17, 15) is 9.59 Å². The van der Waals surface area contributed by atoms with Crippen LogP contribution in [0.1, 0.15) is 16.7 Å². The Labute approximate surface area is 175 Å². The van der Waals surface area contributed by atoms with Crippen molar-refractivity contribution in [3.05, 3.63) is 95.2 Å². The van der Waals surface area contributed by atoms with Crippen LogP contribution in [0.3, 0.4) is 0 Å². The Morgan fingerprint density at radius 3 is 2.07 bits per heavy atom. The zero-order valence-corrected chi connectivity index (χ0v) is 17.1. The summed E-state index contributed by atoms with van der Waals surface area (Å²) >= 11 is 0. The number of rotatable bonds is 5. The summed E-state index contributed by atoms with van der Waals surface area (Å²) in [5.74, 6) is -0.193. The largest absolute Gasteiger partial charge is 0.497 e. The number of nitrogens with zero attached hydrogens (tertiary/aromatic N) is 1. The van der Waals surface area contributed by atoms with Crippen LogP contribution in [-0.4, -0.2) is 18.9 Å². The van der Waals surface area contributed by atoms with Gasteiger partial charge in [0.1, 0.15) is 11.4 Å². The van der Waals surface area contributed by atoms with Gasteiger partial charge in [-0.25, -0.2) is 4.90 Å². The van der Waals surface area contributed by atoms with Crippen molar-refractivity contribution in [1.82, 2.24) is 0 Å². The first kappa shape index (κ1) is 19.5. The molecule has 30 heavy (non-hydrogen) atoms. The van der Waals surface area contributed by atoms with Gasteiger partial charge in [-0.3, -0.25) is 9.59 Å². The van der Waals surface area contributed by atoms with Crippen molar-refractivity contribution in [2.45, 2.75) is 13.8 Å². The van der Waals surface area contributed by atoms with Crippen LogP contribution >= 0.6 is 0 Å². The number of ether oxygens (including phenoxy) is 1. The minimum Gasteiger partial charge on any atom is -0.497 e. The molecule has 4 rings (SSSR count). The number of carbonyl (C=O) groups is 2. The Hall–Kier alpha value is -3.86. The lowest BCUT2D eigenvalue weighted by Crippen LogP contribution is -2.32. The van der Waals surface area contributed by atoms with E-state index in [1.165, 1.54) is 4.90 Å². The molecule has 0 fully saturated rings. The molecule has 1 N–H and O–H groups in total. The van der Waals surface area contributed by atoms with Gasteiger partial charge < -0.3 is 10.1 Å². The topological polar surface area (TPSA) is 58.6 Å². The summed E-state index contributed by atoms with van der Waals surface area (Å²) in [5, 5.41) is 3.18. The van der Waals surface area contributed by atoms with Gasteiger partial charge in [-0.2, -0.15) is 0 Å². The fraction of sp³-hybridized carbons (Fsp3) is 0.120. The Kier molecular flexibility index (Phi) is 5.11. The zero-order valence-electron chi connectivity index (χ0n) is 17.1. The molecule has 3 aromatic rings. The van der Waals surface area contributed by atoms with Crippen LogP contribution < -0.4 is 15.0 Å². The molecular formula is C25H22N2O3. The number of imide groups is 1. The number of amides is 2. The van der Waals surface area contributed by atoms with Crippen molar-refractivity contribution in [2.24, 2.45) is 0 Å². The van der Waals surface area contributed by atoms with Gasteiger partial charge in [-0.15, -0.1) is 0 Å². The molecule has 0 bridgehead atoms. The molecule has 1 aliphatic heterocycles. The normalized spacial score (nSPS) is 13.8. The van der Waals surface area contributed by atoms with Crippen molar-refractivity contribution < 1.29 is 14.3 Å².